The van der Waals surface area contributed by atoms with Crippen molar-refractivity contribution in [3.63, 3.8) is 0 Å². The number of nitriles is 1. The standard InChI is InChI=1S/C12H13N3O4/c1-18-12(17)9-6-8(14)2-3-10(9)19-7-11(16)15-5-4-13/h2-3,6H,5,7,14H2,1H3,(H,15,16). The van der Waals surface area contributed by atoms with Crippen LogP contribution in [0.1, 0.15) is 10.4 Å². The van der Waals surface area contributed by atoms with E-state index in [-0.39, 0.29) is 24.5 Å². The second-order valence-corrected chi connectivity index (χ2v) is 3.47. The molecule has 1 rings (SSSR count). The lowest BCUT2D eigenvalue weighted by Gasteiger charge is -2.10. The number of hydrogen-bond donors (Lipinski definition) is 2. The number of amides is 1. The van der Waals surface area contributed by atoms with Crippen LogP contribution in [0.2, 0.25) is 0 Å². The Morgan fingerprint density at radius 2 is 2.21 bits per heavy atom. The summed E-state index contributed by atoms with van der Waals surface area (Å²) in [5.74, 6) is -0.887. The van der Waals surface area contributed by atoms with Crippen LogP contribution in [-0.4, -0.2) is 32.1 Å². The summed E-state index contributed by atoms with van der Waals surface area (Å²) >= 11 is 0. The third-order valence-corrected chi connectivity index (χ3v) is 2.13. The first kappa shape index (κ1) is 14.3. The van der Waals surface area contributed by atoms with E-state index in [1.54, 1.807) is 6.07 Å². The molecule has 0 heterocycles. The Balaban J connectivity index is 2.75. The number of carbonyl (C=O) groups is 2. The van der Waals surface area contributed by atoms with Gasteiger partial charge < -0.3 is 20.5 Å². The number of benzene rings is 1. The van der Waals surface area contributed by atoms with E-state index in [1.165, 1.54) is 25.3 Å². The number of anilines is 1. The highest BCUT2D eigenvalue weighted by atomic mass is 16.5. The Morgan fingerprint density at radius 3 is 2.84 bits per heavy atom. The molecule has 7 nitrogen and oxygen atoms in total. The highest BCUT2D eigenvalue weighted by Crippen LogP contribution is 2.22. The summed E-state index contributed by atoms with van der Waals surface area (Å²) in [6.07, 6.45) is 0. The first-order valence-corrected chi connectivity index (χ1v) is 5.32. The zero-order valence-electron chi connectivity index (χ0n) is 10.3. The molecule has 0 aromatic heterocycles. The normalized spacial score (nSPS) is 9.26. The van der Waals surface area contributed by atoms with Gasteiger partial charge in [-0.2, -0.15) is 5.26 Å². The van der Waals surface area contributed by atoms with E-state index >= 15 is 0 Å². The van der Waals surface area contributed by atoms with Crippen molar-refractivity contribution >= 4 is 17.6 Å². The zero-order chi connectivity index (χ0) is 14.3. The van der Waals surface area contributed by atoms with Gasteiger partial charge >= 0.3 is 5.97 Å². The minimum Gasteiger partial charge on any atom is -0.483 e. The quantitative estimate of drug-likeness (QED) is 0.441. The third-order valence-electron chi connectivity index (χ3n) is 2.13. The monoisotopic (exact) mass is 263 g/mol. The molecule has 0 unspecified atom stereocenters. The van der Waals surface area contributed by atoms with E-state index in [2.05, 4.69) is 10.1 Å². The van der Waals surface area contributed by atoms with Crippen LogP contribution in [0.5, 0.6) is 5.75 Å². The molecule has 1 amide bonds. The van der Waals surface area contributed by atoms with Crippen molar-refractivity contribution in [1.29, 1.82) is 5.26 Å². The maximum Gasteiger partial charge on any atom is 0.341 e. The minimum absolute atomic E-state index is 0.103. The number of rotatable bonds is 5. The molecule has 0 spiro atoms. The van der Waals surface area contributed by atoms with Crippen LogP contribution < -0.4 is 15.8 Å². The van der Waals surface area contributed by atoms with Gasteiger partial charge in [-0.05, 0) is 18.2 Å². The molecular weight excluding hydrogens is 250 g/mol. The van der Waals surface area contributed by atoms with Gasteiger partial charge in [0.1, 0.15) is 17.9 Å². The second-order valence-electron chi connectivity index (χ2n) is 3.47. The predicted molar refractivity (Wildman–Crippen MR) is 66.3 cm³/mol. The van der Waals surface area contributed by atoms with E-state index in [1.807, 2.05) is 0 Å². The molecule has 0 bridgehead atoms. The van der Waals surface area contributed by atoms with Gasteiger partial charge in [0.2, 0.25) is 0 Å². The van der Waals surface area contributed by atoms with Crippen molar-refractivity contribution in [3.05, 3.63) is 23.8 Å². The van der Waals surface area contributed by atoms with Crippen LogP contribution in [-0.2, 0) is 9.53 Å². The largest absolute Gasteiger partial charge is 0.483 e. The van der Waals surface area contributed by atoms with E-state index < -0.39 is 11.9 Å². The first-order chi connectivity index (χ1) is 9.08. The molecule has 0 aliphatic rings. The van der Waals surface area contributed by atoms with Gasteiger partial charge in [-0.1, -0.05) is 0 Å². The number of hydrogen-bond acceptors (Lipinski definition) is 6. The number of nitrogens with one attached hydrogen (secondary N) is 1. The van der Waals surface area contributed by atoms with Gasteiger partial charge in [-0.25, -0.2) is 4.79 Å². The van der Waals surface area contributed by atoms with Gasteiger partial charge in [0.15, 0.2) is 6.61 Å². The van der Waals surface area contributed by atoms with Crippen molar-refractivity contribution in [1.82, 2.24) is 5.32 Å². The molecule has 1 aromatic carbocycles. The lowest BCUT2D eigenvalue weighted by Crippen LogP contribution is -2.29. The van der Waals surface area contributed by atoms with Gasteiger partial charge in [0, 0.05) is 5.69 Å². The van der Waals surface area contributed by atoms with E-state index in [9.17, 15) is 9.59 Å². The van der Waals surface area contributed by atoms with E-state index in [0.29, 0.717) is 5.69 Å². The van der Waals surface area contributed by atoms with Crippen molar-refractivity contribution < 1.29 is 19.1 Å². The fourth-order valence-electron chi connectivity index (χ4n) is 1.28. The highest BCUT2D eigenvalue weighted by molar-refractivity contribution is 5.93. The minimum atomic E-state index is -0.611. The molecule has 1 aromatic rings. The number of nitrogens with zero attached hydrogens (tertiary/aromatic N) is 1. The molecule has 0 atom stereocenters. The van der Waals surface area contributed by atoms with Crippen molar-refractivity contribution in [2.45, 2.75) is 0 Å². The fraction of sp³-hybridized carbons (Fsp3) is 0.250. The summed E-state index contributed by atoms with van der Waals surface area (Å²) in [4.78, 5) is 22.8. The van der Waals surface area contributed by atoms with Gasteiger partial charge in [0.25, 0.3) is 5.91 Å². The molecule has 0 radical (unpaired) electrons. The fourth-order valence-corrected chi connectivity index (χ4v) is 1.28. The first-order valence-electron chi connectivity index (χ1n) is 5.32. The number of nitrogens with two attached hydrogens (primary N) is 1. The third kappa shape index (κ3) is 4.20. The zero-order valence-corrected chi connectivity index (χ0v) is 10.3. The molecule has 7 heteroatoms. The molecule has 0 saturated heterocycles. The molecular formula is C12H13N3O4. The Labute approximate surface area is 109 Å². The van der Waals surface area contributed by atoms with Gasteiger partial charge in [-0.3, -0.25) is 4.79 Å². The van der Waals surface area contributed by atoms with Crippen LogP contribution in [0.25, 0.3) is 0 Å². The number of carbonyl (C=O) groups excluding carboxylic acids is 2. The average molecular weight is 263 g/mol. The van der Waals surface area contributed by atoms with Crippen LogP contribution in [0.4, 0.5) is 5.69 Å². The average Bonchev–Trinajstić information content (AvgIpc) is 2.42. The van der Waals surface area contributed by atoms with Crippen molar-refractivity contribution in [2.24, 2.45) is 0 Å². The predicted octanol–water partition coefficient (Wildman–Crippen LogP) is 0.0740. The Morgan fingerprint density at radius 1 is 1.47 bits per heavy atom. The van der Waals surface area contributed by atoms with Crippen LogP contribution in [0.15, 0.2) is 18.2 Å². The number of esters is 1. The summed E-state index contributed by atoms with van der Waals surface area (Å²) in [6, 6.07) is 6.17. The smallest absolute Gasteiger partial charge is 0.341 e. The molecule has 19 heavy (non-hydrogen) atoms. The topological polar surface area (TPSA) is 114 Å². The van der Waals surface area contributed by atoms with Crippen LogP contribution in [0, 0.1) is 11.3 Å². The summed E-state index contributed by atoms with van der Waals surface area (Å²) in [5.41, 5.74) is 6.07. The van der Waals surface area contributed by atoms with Crippen molar-refractivity contribution in [3.8, 4) is 11.8 Å². The van der Waals surface area contributed by atoms with Crippen molar-refractivity contribution in [2.75, 3.05) is 26.0 Å². The molecule has 0 aliphatic heterocycles. The number of ether oxygens (including phenoxy) is 2. The Kier molecular flexibility index (Phi) is 5.17. The van der Waals surface area contributed by atoms with Crippen LogP contribution >= 0.6 is 0 Å². The molecule has 0 saturated carbocycles. The van der Waals surface area contributed by atoms with E-state index in [0.717, 1.165) is 0 Å². The van der Waals surface area contributed by atoms with Gasteiger partial charge in [-0.15, -0.1) is 0 Å². The summed E-state index contributed by atoms with van der Waals surface area (Å²) < 4.78 is 9.78. The molecule has 100 valence electrons. The van der Waals surface area contributed by atoms with E-state index in [4.69, 9.17) is 15.7 Å². The molecule has 0 aliphatic carbocycles. The lowest BCUT2D eigenvalue weighted by molar-refractivity contribution is -0.122. The maximum absolute atomic E-state index is 11.5. The number of methoxy groups -OCH3 is 1. The Hall–Kier alpha value is -2.75. The van der Waals surface area contributed by atoms with Gasteiger partial charge in [0.05, 0.1) is 13.2 Å². The highest BCUT2D eigenvalue weighted by Gasteiger charge is 2.14. The number of nitrogen functional groups attached to an aromatic ring is 1. The maximum atomic E-state index is 11.5. The summed E-state index contributed by atoms with van der Waals surface area (Å²) in [6.45, 7) is -0.413. The second kappa shape index (κ2) is 6.86. The lowest BCUT2D eigenvalue weighted by atomic mass is 10.2. The molecule has 0 fully saturated rings. The summed E-state index contributed by atoms with van der Waals surface area (Å²) in [5, 5.41) is 10.6. The summed E-state index contributed by atoms with van der Waals surface area (Å²) in [7, 11) is 1.23. The molecule has 3 N–H and O–H groups in total. The van der Waals surface area contributed by atoms with Crippen LogP contribution in [0.3, 0.4) is 0 Å². The SMILES string of the molecule is COC(=O)c1cc(N)ccc1OCC(=O)NCC#N. The Bertz CT molecular complexity index is 522.